The van der Waals surface area contributed by atoms with Crippen LogP contribution >= 0.6 is 0 Å². The smallest absolute Gasteiger partial charge is 0.412 e. The standard InChI is InChI=1S/C11H11NO3/c1-3-8-14-9-6-4-5-7-10(9)15-11(13)12-2/h1,4-7H,8H2,2H3,(H,12,13). The van der Waals surface area contributed by atoms with Crippen LogP contribution in [0.25, 0.3) is 0 Å². The second kappa shape index (κ2) is 5.55. The zero-order valence-corrected chi connectivity index (χ0v) is 8.32. The Morgan fingerprint density at radius 2 is 2.13 bits per heavy atom. The highest BCUT2D eigenvalue weighted by Crippen LogP contribution is 2.26. The fraction of sp³-hybridized carbons (Fsp3) is 0.182. The molecule has 0 unspecified atom stereocenters. The number of benzene rings is 1. The number of hydrogen-bond acceptors (Lipinski definition) is 3. The average Bonchev–Trinajstić information content (AvgIpc) is 2.28. The summed E-state index contributed by atoms with van der Waals surface area (Å²) in [5.41, 5.74) is 0. The molecule has 0 saturated carbocycles. The SMILES string of the molecule is C#CCOc1ccccc1OC(=O)NC. The van der Waals surface area contributed by atoms with Crippen molar-refractivity contribution in [1.82, 2.24) is 5.32 Å². The first-order valence-electron chi connectivity index (χ1n) is 4.32. The van der Waals surface area contributed by atoms with Crippen LogP contribution < -0.4 is 14.8 Å². The van der Waals surface area contributed by atoms with E-state index < -0.39 is 6.09 Å². The fourth-order valence-electron chi connectivity index (χ4n) is 0.924. The molecule has 15 heavy (non-hydrogen) atoms. The van der Waals surface area contributed by atoms with Crippen LogP contribution in [0.3, 0.4) is 0 Å². The largest absolute Gasteiger partial charge is 0.477 e. The molecule has 1 N–H and O–H groups in total. The van der Waals surface area contributed by atoms with Crippen molar-refractivity contribution < 1.29 is 14.3 Å². The van der Waals surface area contributed by atoms with Gasteiger partial charge in [0.1, 0.15) is 6.61 Å². The first kappa shape index (κ1) is 10.9. The van der Waals surface area contributed by atoms with E-state index in [2.05, 4.69) is 11.2 Å². The van der Waals surface area contributed by atoms with Crippen LogP contribution in [0.2, 0.25) is 0 Å². The minimum absolute atomic E-state index is 0.133. The Kier molecular flexibility index (Phi) is 4.05. The van der Waals surface area contributed by atoms with Crippen molar-refractivity contribution >= 4 is 6.09 Å². The summed E-state index contributed by atoms with van der Waals surface area (Å²) in [7, 11) is 1.48. The second-order valence-corrected chi connectivity index (χ2v) is 2.58. The van der Waals surface area contributed by atoms with Gasteiger partial charge in [-0.15, -0.1) is 6.42 Å². The third kappa shape index (κ3) is 3.24. The number of hydrogen-bond donors (Lipinski definition) is 1. The lowest BCUT2D eigenvalue weighted by atomic mass is 10.3. The van der Waals surface area contributed by atoms with Gasteiger partial charge in [0.25, 0.3) is 0 Å². The maximum absolute atomic E-state index is 11.0. The van der Waals surface area contributed by atoms with Crippen LogP contribution in [0.15, 0.2) is 24.3 Å². The molecule has 0 spiro atoms. The molecule has 78 valence electrons. The van der Waals surface area contributed by atoms with Crippen LogP contribution in [0, 0.1) is 12.3 Å². The molecule has 0 aromatic heterocycles. The molecule has 4 nitrogen and oxygen atoms in total. The van der Waals surface area contributed by atoms with Gasteiger partial charge in [-0.1, -0.05) is 18.1 Å². The van der Waals surface area contributed by atoms with Crippen molar-refractivity contribution in [2.24, 2.45) is 0 Å². The molecule has 1 rings (SSSR count). The maximum atomic E-state index is 11.0. The number of rotatable bonds is 3. The van der Waals surface area contributed by atoms with Gasteiger partial charge >= 0.3 is 6.09 Å². The minimum Gasteiger partial charge on any atom is -0.477 e. The fourth-order valence-corrected chi connectivity index (χ4v) is 0.924. The second-order valence-electron chi connectivity index (χ2n) is 2.58. The van der Waals surface area contributed by atoms with E-state index in [9.17, 15) is 4.79 Å². The van der Waals surface area contributed by atoms with Gasteiger partial charge in [0.15, 0.2) is 11.5 Å². The van der Waals surface area contributed by atoms with E-state index in [4.69, 9.17) is 15.9 Å². The summed E-state index contributed by atoms with van der Waals surface area (Å²) < 4.78 is 10.1. The number of carbonyl (C=O) groups is 1. The van der Waals surface area contributed by atoms with E-state index in [-0.39, 0.29) is 6.61 Å². The van der Waals surface area contributed by atoms with Crippen molar-refractivity contribution in [3.8, 4) is 23.8 Å². The van der Waals surface area contributed by atoms with Gasteiger partial charge in [-0.3, -0.25) is 0 Å². The van der Waals surface area contributed by atoms with Crippen LogP contribution in [0.5, 0.6) is 11.5 Å². The lowest BCUT2D eigenvalue weighted by molar-refractivity contribution is 0.200. The topological polar surface area (TPSA) is 47.6 Å². The molecule has 0 aliphatic rings. The molecule has 0 bridgehead atoms. The first-order chi connectivity index (χ1) is 7.27. The molecular weight excluding hydrogens is 194 g/mol. The summed E-state index contributed by atoms with van der Waals surface area (Å²) in [6.45, 7) is 0.133. The average molecular weight is 205 g/mol. The lowest BCUT2D eigenvalue weighted by Crippen LogP contribution is -2.22. The van der Waals surface area contributed by atoms with Crippen molar-refractivity contribution in [3.63, 3.8) is 0 Å². The van der Waals surface area contributed by atoms with E-state index in [1.807, 2.05) is 0 Å². The van der Waals surface area contributed by atoms with E-state index in [1.165, 1.54) is 7.05 Å². The highest BCUT2D eigenvalue weighted by Gasteiger charge is 2.07. The zero-order valence-electron chi connectivity index (χ0n) is 8.32. The number of para-hydroxylation sites is 2. The Labute approximate surface area is 88.2 Å². The lowest BCUT2D eigenvalue weighted by Gasteiger charge is -2.08. The molecule has 1 aromatic rings. The summed E-state index contributed by atoms with van der Waals surface area (Å²) in [5, 5.41) is 2.34. The van der Waals surface area contributed by atoms with Crippen LogP contribution in [0.4, 0.5) is 4.79 Å². The van der Waals surface area contributed by atoms with E-state index in [1.54, 1.807) is 24.3 Å². The summed E-state index contributed by atoms with van der Waals surface area (Å²) in [5.74, 6) is 3.12. The number of ether oxygens (including phenoxy) is 2. The number of nitrogens with one attached hydrogen (secondary N) is 1. The molecule has 1 aromatic carbocycles. The van der Waals surface area contributed by atoms with Crippen molar-refractivity contribution in [1.29, 1.82) is 0 Å². The predicted octanol–water partition coefficient (Wildman–Crippen LogP) is 1.42. The molecular formula is C11H11NO3. The molecule has 0 radical (unpaired) electrons. The molecule has 4 heteroatoms. The van der Waals surface area contributed by atoms with Crippen molar-refractivity contribution in [2.75, 3.05) is 13.7 Å². The van der Waals surface area contributed by atoms with Gasteiger partial charge in [-0.2, -0.15) is 0 Å². The highest BCUT2D eigenvalue weighted by molar-refractivity contribution is 5.70. The summed E-state index contributed by atoms with van der Waals surface area (Å²) in [6.07, 6.45) is 4.51. The minimum atomic E-state index is -0.549. The van der Waals surface area contributed by atoms with Crippen LogP contribution in [-0.2, 0) is 0 Å². The molecule has 0 atom stereocenters. The van der Waals surface area contributed by atoms with Gasteiger partial charge in [0, 0.05) is 7.05 Å². The Balaban J connectivity index is 2.77. The van der Waals surface area contributed by atoms with E-state index in [0.717, 1.165) is 0 Å². The van der Waals surface area contributed by atoms with Crippen LogP contribution in [0.1, 0.15) is 0 Å². The first-order valence-corrected chi connectivity index (χ1v) is 4.32. The van der Waals surface area contributed by atoms with Crippen molar-refractivity contribution in [3.05, 3.63) is 24.3 Å². The molecule has 0 heterocycles. The molecule has 0 saturated heterocycles. The Morgan fingerprint density at radius 3 is 2.73 bits per heavy atom. The number of amides is 1. The highest BCUT2D eigenvalue weighted by atomic mass is 16.6. The monoisotopic (exact) mass is 205 g/mol. The van der Waals surface area contributed by atoms with Gasteiger partial charge in [-0.25, -0.2) is 4.79 Å². The maximum Gasteiger partial charge on any atom is 0.412 e. The van der Waals surface area contributed by atoms with Crippen molar-refractivity contribution in [2.45, 2.75) is 0 Å². The number of carbonyl (C=O) groups excluding carboxylic acids is 1. The molecule has 1 amide bonds. The molecule has 0 aliphatic heterocycles. The predicted molar refractivity (Wildman–Crippen MR) is 55.9 cm³/mol. The third-order valence-corrected chi connectivity index (χ3v) is 1.57. The van der Waals surface area contributed by atoms with Gasteiger partial charge in [-0.05, 0) is 12.1 Å². The molecule has 0 fully saturated rings. The van der Waals surface area contributed by atoms with Gasteiger partial charge in [0.2, 0.25) is 0 Å². The Bertz CT molecular complexity index is 382. The zero-order chi connectivity index (χ0) is 11.1. The van der Waals surface area contributed by atoms with E-state index in [0.29, 0.717) is 11.5 Å². The normalized spacial score (nSPS) is 8.80. The van der Waals surface area contributed by atoms with E-state index >= 15 is 0 Å². The Hall–Kier alpha value is -2.15. The summed E-state index contributed by atoms with van der Waals surface area (Å²) in [4.78, 5) is 11.0. The third-order valence-electron chi connectivity index (χ3n) is 1.57. The van der Waals surface area contributed by atoms with Gasteiger partial charge in [0.05, 0.1) is 0 Å². The summed E-state index contributed by atoms with van der Waals surface area (Å²) in [6, 6.07) is 6.81. The number of terminal acetylenes is 1. The summed E-state index contributed by atoms with van der Waals surface area (Å²) >= 11 is 0. The quantitative estimate of drug-likeness (QED) is 0.759. The van der Waals surface area contributed by atoms with Gasteiger partial charge < -0.3 is 14.8 Å². The molecule has 0 aliphatic carbocycles. The Morgan fingerprint density at radius 1 is 1.47 bits per heavy atom. The van der Waals surface area contributed by atoms with Crippen LogP contribution in [-0.4, -0.2) is 19.7 Å².